The van der Waals surface area contributed by atoms with E-state index in [1.807, 2.05) is 0 Å². The van der Waals surface area contributed by atoms with E-state index in [1.165, 1.54) is 44.1 Å². The molecule has 2 aromatic rings. The third kappa shape index (κ3) is 4.11. The Bertz CT molecular complexity index is 919. The Labute approximate surface area is 187 Å². The van der Waals surface area contributed by atoms with Crippen LogP contribution in [0, 0.1) is 16.7 Å². The fourth-order valence-corrected chi connectivity index (χ4v) is 6.86. The first-order valence-electron chi connectivity index (χ1n) is 12.0. The van der Waals surface area contributed by atoms with Crippen molar-refractivity contribution in [3.8, 4) is 0 Å². The molecule has 1 saturated carbocycles. The zero-order chi connectivity index (χ0) is 21.6. The van der Waals surface area contributed by atoms with Crippen molar-refractivity contribution in [3.05, 3.63) is 42.2 Å². The Kier molecular flexibility index (Phi) is 5.10. The van der Waals surface area contributed by atoms with Crippen molar-refractivity contribution in [3.63, 3.8) is 0 Å². The summed E-state index contributed by atoms with van der Waals surface area (Å²) in [6, 6.07) is 11.4. The highest BCUT2D eigenvalue weighted by atomic mass is 15.3. The smallest absolute Gasteiger partial charge is 0.157 e. The van der Waals surface area contributed by atoms with Gasteiger partial charge in [-0.25, -0.2) is 9.97 Å². The molecule has 166 valence electrons. The molecule has 2 atom stereocenters. The molecular formula is C26H37N5. The highest BCUT2D eigenvalue weighted by Crippen LogP contribution is 2.54. The third-order valence-electron chi connectivity index (χ3n) is 7.81. The van der Waals surface area contributed by atoms with E-state index >= 15 is 0 Å². The monoisotopic (exact) mass is 419 g/mol. The predicted octanol–water partition coefficient (Wildman–Crippen LogP) is 4.92. The molecule has 0 amide bonds. The first-order valence-corrected chi connectivity index (χ1v) is 12.0. The van der Waals surface area contributed by atoms with E-state index in [-0.39, 0.29) is 0 Å². The lowest BCUT2D eigenvalue weighted by Crippen LogP contribution is -2.37. The van der Waals surface area contributed by atoms with Crippen molar-refractivity contribution in [1.82, 2.24) is 9.97 Å². The van der Waals surface area contributed by atoms with Gasteiger partial charge in [0.05, 0.1) is 0 Å². The van der Waals surface area contributed by atoms with Gasteiger partial charge in [0, 0.05) is 25.7 Å². The van der Waals surface area contributed by atoms with Gasteiger partial charge in [0.15, 0.2) is 11.6 Å². The van der Waals surface area contributed by atoms with E-state index in [1.54, 1.807) is 6.33 Å². The normalized spacial score (nSPS) is 28.2. The van der Waals surface area contributed by atoms with Crippen LogP contribution in [0.2, 0.25) is 0 Å². The lowest BCUT2D eigenvalue weighted by molar-refractivity contribution is 0.136. The number of hydrogen-bond donors (Lipinski definition) is 1. The number of nitrogen functional groups attached to an aromatic ring is 1. The van der Waals surface area contributed by atoms with E-state index in [4.69, 9.17) is 5.73 Å². The molecule has 2 bridgehead atoms. The van der Waals surface area contributed by atoms with Gasteiger partial charge >= 0.3 is 0 Å². The molecule has 3 heterocycles. The van der Waals surface area contributed by atoms with Gasteiger partial charge in [-0.05, 0) is 60.8 Å². The Morgan fingerprint density at radius 3 is 2.45 bits per heavy atom. The van der Waals surface area contributed by atoms with Crippen LogP contribution in [-0.2, 0) is 6.42 Å². The largest absolute Gasteiger partial charge is 0.393 e. The minimum atomic E-state index is 0.361. The van der Waals surface area contributed by atoms with Gasteiger partial charge < -0.3 is 15.5 Å². The number of aromatic nitrogens is 2. The summed E-state index contributed by atoms with van der Waals surface area (Å²) >= 11 is 0. The highest BCUT2D eigenvalue weighted by molar-refractivity contribution is 5.76. The molecule has 2 N–H and O–H groups in total. The third-order valence-corrected chi connectivity index (χ3v) is 7.81. The molecule has 1 aromatic heterocycles. The Balaban J connectivity index is 1.30. The molecule has 1 aliphatic carbocycles. The summed E-state index contributed by atoms with van der Waals surface area (Å²) in [5.41, 5.74) is 9.71. The molecule has 1 aromatic carbocycles. The Hall–Kier alpha value is -2.30. The summed E-state index contributed by atoms with van der Waals surface area (Å²) < 4.78 is 0. The van der Waals surface area contributed by atoms with Crippen LogP contribution in [0.25, 0.3) is 0 Å². The van der Waals surface area contributed by atoms with Crippen LogP contribution in [0.15, 0.2) is 36.7 Å². The molecule has 0 radical (unpaired) electrons. The van der Waals surface area contributed by atoms with E-state index < -0.39 is 0 Å². The molecule has 3 aliphatic rings. The van der Waals surface area contributed by atoms with Crippen LogP contribution < -0.4 is 15.5 Å². The zero-order valence-corrected chi connectivity index (χ0v) is 19.3. The average molecular weight is 420 g/mol. The number of rotatable bonds is 4. The van der Waals surface area contributed by atoms with Gasteiger partial charge in [0.2, 0.25) is 0 Å². The van der Waals surface area contributed by atoms with Crippen molar-refractivity contribution in [2.24, 2.45) is 16.7 Å². The molecule has 5 heteroatoms. The summed E-state index contributed by atoms with van der Waals surface area (Å²) in [5, 5.41) is 0. The highest BCUT2D eigenvalue weighted by Gasteiger charge is 2.50. The van der Waals surface area contributed by atoms with Crippen LogP contribution in [0.1, 0.15) is 58.4 Å². The maximum absolute atomic E-state index is 6.74. The summed E-state index contributed by atoms with van der Waals surface area (Å²) in [6.07, 6.45) is 9.01. The van der Waals surface area contributed by atoms with Crippen LogP contribution in [0.3, 0.4) is 0 Å². The van der Waals surface area contributed by atoms with Crippen molar-refractivity contribution >= 4 is 17.3 Å². The molecule has 0 spiro atoms. The Morgan fingerprint density at radius 1 is 1.00 bits per heavy atom. The van der Waals surface area contributed by atoms with Crippen molar-refractivity contribution in [1.29, 1.82) is 0 Å². The first kappa shape index (κ1) is 20.6. The van der Waals surface area contributed by atoms with Crippen LogP contribution in [0.5, 0.6) is 0 Å². The minimum Gasteiger partial charge on any atom is -0.393 e. The molecule has 5 rings (SSSR count). The topological polar surface area (TPSA) is 58.3 Å². The lowest BCUT2D eigenvalue weighted by Gasteiger charge is -2.39. The molecular weight excluding hydrogens is 382 g/mol. The molecule has 2 aliphatic heterocycles. The summed E-state index contributed by atoms with van der Waals surface area (Å²) in [7, 11) is 0. The van der Waals surface area contributed by atoms with Crippen LogP contribution in [0.4, 0.5) is 17.3 Å². The molecule has 3 fully saturated rings. The second-order valence-corrected chi connectivity index (χ2v) is 11.4. The quantitative estimate of drug-likeness (QED) is 0.762. The van der Waals surface area contributed by atoms with Crippen LogP contribution in [-0.4, -0.2) is 35.6 Å². The van der Waals surface area contributed by atoms with Gasteiger partial charge in [-0.2, -0.15) is 0 Å². The van der Waals surface area contributed by atoms with E-state index in [0.717, 1.165) is 42.9 Å². The molecule has 2 saturated heterocycles. The van der Waals surface area contributed by atoms with Gasteiger partial charge in [0.1, 0.15) is 12.0 Å². The second kappa shape index (κ2) is 7.68. The lowest BCUT2D eigenvalue weighted by atomic mass is 9.65. The molecule has 5 nitrogen and oxygen atoms in total. The predicted molar refractivity (Wildman–Crippen MR) is 128 cm³/mol. The fraction of sp³-hybridized carbons (Fsp3) is 0.615. The number of fused-ring (bicyclic) bond motifs is 2. The van der Waals surface area contributed by atoms with E-state index in [2.05, 4.69) is 70.9 Å². The van der Waals surface area contributed by atoms with Gasteiger partial charge in [-0.1, -0.05) is 51.1 Å². The minimum absolute atomic E-state index is 0.361. The standard InChI is InChI=1S/C26H37N5/c1-25(2)14-21-15-26(3,16-25)17-31(21)24-22(27)23(28-18-29-24)30-11-9-20(10-12-30)13-19-7-5-4-6-8-19/h4-8,18,20-21H,9-17,27H2,1-3H3. The number of nitrogens with two attached hydrogens (primary N) is 1. The SMILES string of the molecule is CC1(C)CC2CC(C)(CN2c2ncnc(N3CCC(Cc4ccccc4)CC3)c2N)C1. The Morgan fingerprint density at radius 2 is 1.71 bits per heavy atom. The maximum atomic E-state index is 6.74. The maximum Gasteiger partial charge on any atom is 0.157 e. The number of nitrogens with zero attached hydrogens (tertiary/aromatic N) is 4. The van der Waals surface area contributed by atoms with Gasteiger partial charge in [-0.3, -0.25) is 0 Å². The van der Waals surface area contributed by atoms with Crippen LogP contribution >= 0.6 is 0 Å². The molecule has 2 unspecified atom stereocenters. The first-order chi connectivity index (χ1) is 14.8. The number of benzene rings is 1. The molecule has 31 heavy (non-hydrogen) atoms. The van der Waals surface area contributed by atoms with Crippen molar-refractivity contribution < 1.29 is 0 Å². The fourth-order valence-electron chi connectivity index (χ4n) is 6.86. The second-order valence-electron chi connectivity index (χ2n) is 11.4. The number of piperidine rings is 1. The summed E-state index contributed by atoms with van der Waals surface area (Å²) in [5.74, 6) is 2.64. The van der Waals surface area contributed by atoms with Gasteiger partial charge in [0.25, 0.3) is 0 Å². The van der Waals surface area contributed by atoms with E-state index in [0.29, 0.717) is 16.9 Å². The number of anilines is 3. The zero-order valence-electron chi connectivity index (χ0n) is 19.3. The van der Waals surface area contributed by atoms with Crippen molar-refractivity contribution in [2.45, 2.75) is 65.3 Å². The number of hydrogen-bond acceptors (Lipinski definition) is 5. The summed E-state index contributed by atoms with van der Waals surface area (Å²) in [4.78, 5) is 14.2. The summed E-state index contributed by atoms with van der Waals surface area (Å²) in [6.45, 7) is 10.4. The van der Waals surface area contributed by atoms with E-state index in [9.17, 15) is 0 Å². The average Bonchev–Trinajstić information content (AvgIpc) is 2.98. The van der Waals surface area contributed by atoms with Crippen molar-refractivity contribution in [2.75, 3.05) is 35.2 Å². The van der Waals surface area contributed by atoms with Gasteiger partial charge in [-0.15, -0.1) is 0 Å².